The molecule has 2 N–H and O–H groups in total. The van der Waals surface area contributed by atoms with Crippen LogP contribution in [0.2, 0.25) is 0 Å². The molecule has 110 valence electrons. The SMILES string of the molecule is Oc1ccc2ccccc2c1CN1CCCC2CNCC21. The summed E-state index contributed by atoms with van der Waals surface area (Å²) in [7, 11) is 0. The van der Waals surface area contributed by atoms with Gasteiger partial charge in [-0.25, -0.2) is 0 Å². The molecule has 3 nitrogen and oxygen atoms in total. The highest BCUT2D eigenvalue weighted by Crippen LogP contribution is 2.32. The van der Waals surface area contributed by atoms with Crippen LogP contribution >= 0.6 is 0 Å². The lowest BCUT2D eigenvalue weighted by molar-refractivity contribution is 0.117. The molecular formula is C18H22N2O. The molecule has 0 saturated carbocycles. The van der Waals surface area contributed by atoms with Crippen LogP contribution in [0.3, 0.4) is 0 Å². The topological polar surface area (TPSA) is 35.5 Å². The van der Waals surface area contributed by atoms with Crippen LogP contribution in [0, 0.1) is 5.92 Å². The first kappa shape index (κ1) is 13.1. The summed E-state index contributed by atoms with van der Waals surface area (Å²) in [4.78, 5) is 2.57. The molecule has 2 fully saturated rings. The van der Waals surface area contributed by atoms with E-state index in [4.69, 9.17) is 0 Å². The van der Waals surface area contributed by atoms with Gasteiger partial charge >= 0.3 is 0 Å². The van der Waals surface area contributed by atoms with Gasteiger partial charge in [-0.2, -0.15) is 0 Å². The minimum Gasteiger partial charge on any atom is -0.508 e. The molecule has 4 rings (SSSR count). The number of rotatable bonds is 2. The number of hydrogen-bond acceptors (Lipinski definition) is 3. The van der Waals surface area contributed by atoms with Crippen molar-refractivity contribution in [2.24, 2.45) is 5.92 Å². The summed E-state index contributed by atoms with van der Waals surface area (Å²) in [5.41, 5.74) is 1.08. The van der Waals surface area contributed by atoms with Crippen LogP contribution in [0.1, 0.15) is 18.4 Å². The predicted molar refractivity (Wildman–Crippen MR) is 85.4 cm³/mol. The van der Waals surface area contributed by atoms with Gasteiger partial charge in [0.05, 0.1) is 0 Å². The highest BCUT2D eigenvalue weighted by Gasteiger charge is 2.35. The second kappa shape index (κ2) is 5.32. The summed E-state index contributed by atoms with van der Waals surface area (Å²) in [6, 6.07) is 12.8. The Kier molecular flexibility index (Phi) is 3.32. The molecule has 2 unspecified atom stereocenters. The standard InChI is InChI=1S/C18H22N2O/c21-18-8-7-13-4-1-2-6-15(13)16(18)12-20-9-3-5-14-10-19-11-17(14)20/h1-2,4,6-8,14,17,19,21H,3,5,9-12H2. The molecule has 2 aromatic rings. The first-order valence-corrected chi connectivity index (χ1v) is 7.97. The Balaban J connectivity index is 1.69. The average Bonchev–Trinajstić information content (AvgIpc) is 2.99. The zero-order valence-electron chi connectivity index (χ0n) is 12.3. The van der Waals surface area contributed by atoms with Crippen molar-refractivity contribution in [1.82, 2.24) is 10.2 Å². The Bertz CT molecular complexity index is 655. The lowest BCUT2D eigenvalue weighted by atomic mass is 9.91. The molecular weight excluding hydrogens is 260 g/mol. The van der Waals surface area contributed by atoms with Crippen molar-refractivity contribution in [3.8, 4) is 5.75 Å². The van der Waals surface area contributed by atoms with Crippen molar-refractivity contribution in [1.29, 1.82) is 0 Å². The van der Waals surface area contributed by atoms with E-state index in [1.807, 2.05) is 12.1 Å². The summed E-state index contributed by atoms with van der Waals surface area (Å²) >= 11 is 0. The first-order valence-electron chi connectivity index (χ1n) is 7.97. The van der Waals surface area contributed by atoms with Crippen LogP contribution in [0.4, 0.5) is 0 Å². The Labute approximate surface area is 125 Å². The zero-order valence-corrected chi connectivity index (χ0v) is 12.3. The third kappa shape index (κ3) is 2.30. The molecule has 3 heteroatoms. The quantitative estimate of drug-likeness (QED) is 0.889. The highest BCUT2D eigenvalue weighted by molar-refractivity contribution is 5.87. The van der Waals surface area contributed by atoms with E-state index >= 15 is 0 Å². The Morgan fingerprint density at radius 2 is 2.05 bits per heavy atom. The van der Waals surface area contributed by atoms with E-state index in [-0.39, 0.29) is 0 Å². The third-order valence-electron chi connectivity index (χ3n) is 5.17. The maximum Gasteiger partial charge on any atom is 0.120 e. The van der Waals surface area contributed by atoms with Gasteiger partial charge < -0.3 is 10.4 Å². The number of likely N-dealkylation sites (tertiary alicyclic amines) is 1. The number of aromatic hydroxyl groups is 1. The predicted octanol–water partition coefficient (Wildman–Crippen LogP) is 2.73. The summed E-state index contributed by atoms with van der Waals surface area (Å²) in [5.74, 6) is 1.22. The molecule has 0 aromatic heterocycles. The van der Waals surface area contributed by atoms with Crippen molar-refractivity contribution in [3.05, 3.63) is 42.0 Å². The van der Waals surface area contributed by atoms with Gasteiger partial charge in [0.25, 0.3) is 0 Å². The third-order valence-corrected chi connectivity index (χ3v) is 5.17. The van der Waals surface area contributed by atoms with E-state index < -0.39 is 0 Å². The van der Waals surface area contributed by atoms with Gasteiger partial charge in [0.15, 0.2) is 0 Å². The fraction of sp³-hybridized carbons (Fsp3) is 0.444. The molecule has 2 heterocycles. The van der Waals surface area contributed by atoms with Crippen LogP contribution in [0.25, 0.3) is 10.8 Å². The van der Waals surface area contributed by atoms with Crippen LogP contribution in [-0.2, 0) is 6.54 Å². The Morgan fingerprint density at radius 1 is 1.14 bits per heavy atom. The largest absolute Gasteiger partial charge is 0.508 e. The van der Waals surface area contributed by atoms with Crippen molar-refractivity contribution in [3.63, 3.8) is 0 Å². The number of nitrogens with zero attached hydrogens (tertiary/aromatic N) is 1. The fourth-order valence-electron chi connectivity index (χ4n) is 4.05. The molecule has 0 aliphatic carbocycles. The monoisotopic (exact) mass is 282 g/mol. The molecule has 0 spiro atoms. The van der Waals surface area contributed by atoms with E-state index in [9.17, 15) is 5.11 Å². The van der Waals surface area contributed by atoms with Crippen molar-refractivity contribution in [2.45, 2.75) is 25.4 Å². The lowest BCUT2D eigenvalue weighted by Crippen LogP contribution is -2.44. The molecule has 2 aliphatic rings. The molecule has 2 aliphatic heterocycles. The van der Waals surface area contributed by atoms with E-state index in [0.717, 1.165) is 37.7 Å². The normalized spacial score (nSPS) is 26.1. The smallest absolute Gasteiger partial charge is 0.120 e. The summed E-state index contributed by atoms with van der Waals surface area (Å²) < 4.78 is 0. The van der Waals surface area contributed by atoms with Crippen molar-refractivity contribution >= 4 is 10.8 Å². The number of fused-ring (bicyclic) bond motifs is 2. The maximum atomic E-state index is 10.3. The number of phenolic OH excluding ortho intramolecular Hbond substituents is 1. The summed E-state index contributed by atoms with van der Waals surface area (Å²) in [5, 5.41) is 16.3. The minimum atomic E-state index is 0.432. The van der Waals surface area contributed by atoms with E-state index in [2.05, 4.69) is 34.5 Å². The van der Waals surface area contributed by atoms with Crippen LogP contribution in [0.5, 0.6) is 5.75 Å². The van der Waals surface area contributed by atoms with Gasteiger partial charge in [-0.05, 0) is 48.7 Å². The fourth-order valence-corrected chi connectivity index (χ4v) is 4.05. The second-order valence-electron chi connectivity index (χ2n) is 6.38. The van der Waals surface area contributed by atoms with Crippen LogP contribution in [0.15, 0.2) is 36.4 Å². The number of piperidine rings is 1. The van der Waals surface area contributed by atoms with Crippen LogP contribution in [-0.4, -0.2) is 35.7 Å². The molecule has 2 atom stereocenters. The highest BCUT2D eigenvalue weighted by atomic mass is 16.3. The van der Waals surface area contributed by atoms with Crippen molar-refractivity contribution in [2.75, 3.05) is 19.6 Å². The zero-order chi connectivity index (χ0) is 14.2. The molecule has 0 amide bonds. The number of benzene rings is 2. The molecule has 0 bridgehead atoms. The Hall–Kier alpha value is -1.58. The van der Waals surface area contributed by atoms with E-state index in [1.165, 1.54) is 23.6 Å². The van der Waals surface area contributed by atoms with E-state index in [0.29, 0.717) is 11.8 Å². The van der Waals surface area contributed by atoms with Gasteiger partial charge in [0, 0.05) is 24.7 Å². The maximum absolute atomic E-state index is 10.3. The van der Waals surface area contributed by atoms with Crippen molar-refractivity contribution < 1.29 is 5.11 Å². The molecule has 2 saturated heterocycles. The average molecular weight is 282 g/mol. The Morgan fingerprint density at radius 3 is 3.00 bits per heavy atom. The second-order valence-corrected chi connectivity index (χ2v) is 6.38. The molecule has 2 aromatic carbocycles. The minimum absolute atomic E-state index is 0.432. The number of phenols is 1. The van der Waals surface area contributed by atoms with Gasteiger partial charge in [-0.3, -0.25) is 4.90 Å². The van der Waals surface area contributed by atoms with Gasteiger partial charge in [0.2, 0.25) is 0 Å². The van der Waals surface area contributed by atoms with Crippen LogP contribution < -0.4 is 5.32 Å². The van der Waals surface area contributed by atoms with E-state index in [1.54, 1.807) is 0 Å². The first-order chi connectivity index (χ1) is 10.3. The number of nitrogens with one attached hydrogen (secondary N) is 1. The van der Waals surface area contributed by atoms with Gasteiger partial charge in [-0.1, -0.05) is 30.3 Å². The molecule has 21 heavy (non-hydrogen) atoms. The lowest BCUT2D eigenvalue weighted by Gasteiger charge is -2.37. The summed E-state index contributed by atoms with van der Waals surface area (Å²) in [6.45, 7) is 4.25. The molecule has 0 radical (unpaired) electrons. The summed E-state index contributed by atoms with van der Waals surface area (Å²) in [6.07, 6.45) is 2.62. The van der Waals surface area contributed by atoms with Gasteiger partial charge in [0.1, 0.15) is 5.75 Å². The number of hydrogen-bond donors (Lipinski definition) is 2. The van der Waals surface area contributed by atoms with Gasteiger partial charge in [-0.15, -0.1) is 0 Å².